The Labute approximate surface area is 203 Å². The van der Waals surface area contributed by atoms with Crippen LogP contribution in [0.1, 0.15) is 28.4 Å². The number of fused-ring (bicyclic) bond motifs is 1. The molecule has 0 bridgehead atoms. The number of hydrogen-bond acceptors (Lipinski definition) is 5. The SMILES string of the molecule is CC(=O)c1cccc(NC(=O)COc2ccc(S(=O)(=O)N3CCc4ccccc4C3)cc2Cl)c1. The summed E-state index contributed by atoms with van der Waals surface area (Å²) in [6, 6.07) is 18.6. The van der Waals surface area contributed by atoms with E-state index in [0.29, 0.717) is 30.8 Å². The Morgan fingerprint density at radius 1 is 1.03 bits per heavy atom. The molecule has 0 atom stereocenters. The Bertz CT molecular complexity index is 1360. The number of ether oxygens (including phenoxy) is 1. The standard InChI is InChI=1S/C25H23ClN2O5S/c1-17(29)19-7-4-8-21(13-19)27-25(30)16-33-24-10-9-22(14-23(24)26)34(31,32)28-12-11-18-5-2-3-6-20(18)15-28/h2-10,13-14H,11-12,15-16H2,1H3,(H,27,30). The minimum atomic E-state index is -3.74. The molecule has 176 valence electrons. The molecule has 1 aliphatic rings. The second-order valence-electron chi connectivity index (χ2n) is 7.92. The van der Waals surface area contributed by atoms with Gasteiger partial charge in [0.2, 0.25) is 10.0 Å². The third-order valence-electron chi connectivity index (χ3n) is 5.55. The van der Waals surface area contributed by atoms with Crippen molar-refractivity contribution in [2.45, 2.75) is 24.8 Å². The molecule has 1 amide bonds. The Morgan fingerprint density at radius 2 is 1.79 bits per heavy atom. The molecule has 0 saturated heterocycles. The van der Waals surface area contributed by atoms with Crippen molar-refractivity contribution >= 4 is 39.0 Å². The van der Waals surface area contributed by atoms with Gasteiger partial charge in [0, 0.05) is 24.3 Å². The zero-order valence-electron chi connectivity index (χ0n) is 18.5. The summed E-state index contributed by atoms with van der Waals surface area (Å²) in [6.07, 6.45) is 0.648. The lowest BCUT2D eigenvalue weighted by atomic mass is 10.0. The van der Waals surface area contributed by atoms with Crippen LogP contribution in [0, 0.1) is 0 Å². The molecule has 34 heavy (non-hydrogen) atoms. The van der Waals surface area contributed by atoms with Gasteiger partial charge in [-0.1, -0.05) is 48.0 Å². The fourth-order valence-corrected chi connectivity index (χ4v) is 5.48. The first-order chi connectivity index (χ1) is 16.2. The van der Waals surface area contributed by atoms with Gasteiger partial charge in [-0.15, -0.1) is 0 Å². The highest BCUT2D eigenvalue weighted by atomic mass is 35.5. The smallest absolute Gasteiger partial charge is 0.262 e. The number of anilines is 1. The van der Waals surface area contributed by atoms with Gasteiger partial charge in [0.1, 0.15) is 5.75 Å². The summed E-state index contributed by atoms with van der Waals surface area (Å²) in [7, 11) is -3.74. The molecule has 0 radical (unpaired) electrons. The minimum Gasteiger partial charge on any atom is -0.482 e. The number of sulfonamides is 1. The van der Waals surface area contributed by atoms with Crippen LogP contribution in [0.3, 0.4) is 0 Å². The number of ketones is 1. The van der Waals surface area contributed by atoms with Gasteiger partial charge >= 0.3 is 0 Å². The van der Waals surface area contributed by atoms with E-state index in [4.69, 9.17) is 16.3 Å². The molecule has 1 heterocycles. The number of halogens is 1. The summed E-state index contributed by atoms with van der Waals surface area (Å²) in [5, 5.41) is 2.74. The summed E-state index contributed by atoms with van der Waals surface area (Å²) in [5.41, 5.74) is 3.10. The van der Waals surface area contributed by atoms with E-state index in [0.717, 1.165) is 11.1 Å². The largest absolute Gasteiger partial charge is 0.482 e. The van der Waals surface area contributed by atoms with Crippen LogP contribution in [0.4, 0.5) is 5.69 Å². The second kappa shape index (κ2) is 9.97. The summed E-state index contributed by atoms with van der Waals surface area (Å²) in [4.78, 5) is 23.8. The number of nitrogens with one attached hydrogen (secondary N) is 1. The molecule has 4 rings (SSSR count). The van der Waals surface area contributed by atoms with Crippen LogP contribution in [0.5, 0.6) is 5.75 Å². The quantitative estimate of drug-likeness (QED) is 0.490. The van der Waals surface area contributed by atoms with Crippen molar-refractivity contribution < 1.29 is 22.7 Å². The van der Waals surface area contributed by atoms with Crippen molar-refractivity contribution in [1.29, 1.82) is 0 Å². The van der Waals surface area contributed by atoms with Crippen molar-refractivity contribution in [3.8, 4) is 5.75 Å². The number of Topliss-reactive ketones (excluding diaryl/α,β-unsaturated/α-hetero) is 1. The molecule has 0 saturated carbocycles. The van der Waals surface area contributed by atoms with E-state index < -0.39 is 15.9 Å². The Kier molecular flexibility index (Phi) is 7.02. The zero-order valence-corrected chi connectivity index (χ0v) is 20.0. The number of amides is 1. The zero-order chi connectivity index (χ0) is 24.3. The number of carbonyl (C=O) groups is 2. The van der Waals surface area contributed by atoms with Crippen LogP contribution >= 0.6 is 11.6 Å². The first-order valence-electron chi connectivity index (χ1n) is 10.6. The van der Waals surface area contributed by atoms with Crippen molar-refractivity contribution in [1.82, 2.24) is 4.31 Å². The Hall–Kier alpha value is -3.20. The van der Waals surface area contributed by atoms with Gasteiger partial charge in [0.25, 0.3) is 5.91 Å². The summed E-state index contributed by atoms with van der Waals surface area (Å²) in [5.74, 6) is -0.361. The summed E-state index contributed by atoms with van der Waals surface area (Å²) in [6.45, 7) is 1.80. The fraction of sp³-hybridized carbons (Fsp3) is 0.200. The van der Waals surface area contributed by atoms with Crippen LogP contribution in [0.15, 0.2) is 71.6 Å². The predicted molar refractivity (Wildman–Crippen MR) is 130 cm³/mol. The Balaban J connectivity index is 1.40. The van der Waals surface area contributed by atoms with Crippen LogP contribution in [0.25, 0.3) is 0 Å². The van der Waals surface area contributed by atoms with Crippen LogP contribution in [-0.2, 0) is 27.8 Å². The van der Waals surface area contributed by atoms with Gasteiger partial charge in [-0.2, -0.15) is 4.31 Å². The molecule has 0 aromatic heterocycles. The molecule has 0 unspecified atom stereocenters. The predicted octanol–water partition coefficient (Wildman–Crippen LogP) is 4.31. The number of nitrogens with zero attached hydrogens (tertiary/aromatic N) is 1. The van der Waals surface area contributed by atoms with E-state index in [9.17, 15) is 18.0 Å². The fourth-order valence-electron chi connectivity index (χ4n) is 3.74. The molecule has 7 nitrogen and oxygen atoms in total. The minimum absolute atomic E-state index is 0.0646. The van der Waals surface area contributed by atoms with E-state index in [1.807, 2.05) is 24.3 Å². The lowest BCUT2D eigenvalue weighted by molar-refractivity contribution is -0.118. The molecule has 3 aromatic carbocycles. The molecule has 3 aromatic rings. The lowest BCUT2D eigenvalue weighted by Crippen LogP contribution is -2.35. The third kappa shape index (κ3) is 5.30. The van der Waals surface area contributed by atoms with Crippen LogP contribution < -0.4 is 10.1 Å². The van der Waals surface area contributed by atoms with E-state index in [2.05, 4.69) is 5.32 Å². The van der Waals surface area contributed by atoms with Crippen molar-refractivity contribution in [2.24, 2.45) is 0 Å². The molecule has 9 heteroatoms. The molecular weight excluding hydrogens is 476 g/mol. The summed E-state index contributed by atoms with van der Waals surface area (Å²) < 4.78 is 33.2. The second-order valence-corrected chi connectivity index (χ2v) is 10.3. The molecule has 0 fully saturated rings. The highest BCUT2D eigenvalue weighted by molar-refractivity contribution is 7.89. The molecule has 0 spiro atoms. The molecular formula is C25H23ClN2O5S. The van der Waals surface area contributed by atoms with Gasteiger partial charge in [-0.3, -0.25) is 9.59 Å². The average molecular weight is 499 g/mol. The van der Waals surface area contributed by atoms with Gasteiger partial charge in [0.15, 0.2) is 12.4 Å². The van der Waals surface area contributed by atoms with Gasteiger partial charge < -0.3 is 10.1 Å². The first-order valence-corrected chi connectivity index (χ1v) is 12.5. The van der Waals surface area contributed by atoms with Crippen molar-refractivity contribution in [3.63, 3.8) is 0 Å². The number of rotatable bonds is 7. The number of hydrogen-bond donors (Lipinski definition) is 1. The van der Waals surface area contributed by atoms with E-state index >= 15 is 0 Å². The molecule has 1 aliphatic heterocycles. The molecule has 1 N–H and O–H groups in total. The summed E-state index contributed by atoms with van der Waals surface area (Å²) >= 11 is 6.28. The molecule has 0 aliphatic carbocycles. The maximum Gasteiger partial charge on any atom is 0.262 e. The monoisotopic (exact) mass is 498 g/mol. The maximum atomic E-state index is 13.1. The first kappa shape index (κ1) is 23.9. The van der Waals surface area contributed by atoms with Crippen LogP contribution in [0.2, 0.25) is 5.02 Å². The lowest BCUT2D eigenvalue weighted by Gasteiger charge is -2.28. The van der Waals surface area contributed by atoms with Gasteiger partial charge in [-0.25, -0.2) is 8.42 Å². The normalized spacial score (nSPS) is 13.7. The number of benzene rings is 3. The van der Waals surface area contributed by atoms with Gasteiger partial charge in [0.05, 0.1) is 9.92 Å². The van der Waals surface area contributed by atoms with Crippen molar-refractivity contribution in [2.75, 3.05) is 18.5 Å². The Morgan fingerprint density at radius 3 is 2.53 bits per heavy atom. The van der Waals surface area contributed by atoms with Gasteiger partial charge in [-0.05, 0) is 54.8 Å². The van der Waals surface area contributed by atoms with E-state index in [-0.39, 0.29) is 28.1 Å². The van der Waals surface area contributed by atoms with E-state index in [1.54, 1.807) is 24.3 Å². The van der Waals surface area contributed by atoms with E-state index in [1.165, 1.54) is 29.4 Å². The number of carbonyl (C=O) groups excluding carboxylic acids is 2. The average Bonchev–Trinajstić information content (AvgIpc) is 2.83. The van der Waals surface area contributed by atoms with Crippen LogP contribution in [-0.4, -0.2) is 37.6 Å². The highest BCUT2D eigenvalue weighted by Crippen LogP contribution is 2.31. The third-order valence-corrected chi connectivity index (χ3v) is 7.68. The topological polar surface area (TPSA) is 92.8 Å². The van der Waals surface area contributed by atoms with Crippen molar-refractivity contribution in [3.05, 3.63) is 88.4 Å². The maximum absolute atomic E-state index is 13.1. The highest BCUT2D eigenvalue weighted by Gasteiger charge is 2.28.